The lowest BCUT2D eigenvalue weighted by molar-refractivity contribution is -0.152. The predicted octanol–water partition coefficient (Wildman–Crippen LogP) is 4.53. The van der Waals surface area contributed by atoms with E-state index in [4.69, 9.17) is 4.43 Å². The van der Waals surface area contributed by atoms with Crippen LogP contribution in [0.4, 0.5) is 0 Å². The summed E-state index contributed by atoms with van der Waals surface area (Å²) in [7, 11) is -1.92. The quantitative estimate of drug-likeness (QED) is 0.522. The zero-order valence-electron chi connectivity index (χ0n) is 15.7. The summed E-state index contributed by atoms with van der Waals surface area (Å²) in [5.41, 5.74) is -0.831. The van der Waals surface area contributed by atoms with Crippen molar-refractivity contribution in [1.82, 2.24) is 0 Å². The van der Waals surface area contributed by atoms with Gasteiger partial charge in [0.25, 0.3) is 0 Å². The van der Waals surface area contributed by atoms with Gasteiger partial charge in [-0.3, -0.25) is 4.79 Å². The molecule has 0 aliphatic heterocycles. The average molecular weight is 405 g/mol. The summed E-state index contributed by atoms with van der Waals surface area (Å²) >= 11 is 3.49. The smallest absolute Gasteiger partial charge is 0.185 e. The molecule has 0 heterocycles. The molecule has 0 amide bonds. The number of aliphatic hydroxyl groups excluding tert-OH is 1. The number of carbonyl (C=O) groups is 1. The summed E-state index contributed by atoms with van der Waals surface area (Å²) in [4.78, 5) is 13.0. The minimum atomic E-state index is -1.92. The molecule has 0 aromatic rings. The van der Waals surface area contributed by atoms with Crippen LogP contribution < -0.4 is 0 Å². The van der Waals surface area contributed by atoms with E-state index in [0.717, 1.165) is 12.8 Å². The monoisotopic (exact) mass is 404 g/mol. The van der Waals surface area contributed by atoms with Gasteiger partial charge in [-0.15, -0.1) is 0 Å². The van der Waals surface area contributed by atoms with Crippen LogP contribution in [0.1, 0.15) is 53.4 Å². The zero-order chi connectivity index (χ0) is 17.8. The van der Waals surface area contributed by atoms with Gasteiger partial charge in [0.1, 0.15) is 10.4 Å². The third kappa shape index (κ3) is 2.79. The molecule has 2 fully saturated rings. The van der Waals surface area contributed by atoms with Gasteiger partial charge < -0.3 is 9.53 Å². The van der Waals surface area contributed by atoms with E-state index < -0.39 is 24.8 Å². The van der Waals surface area contributed by atoms with Crippen LogP contribution in [-0.4, -0.2) is 35.7 Å². The average Bonchev–Trinajstić information content (AvgIpc) is 2.75. The molecule has 3 nitrogen and oxygen atoms in total. The SMILES string of the molecule is CC[C@H](O)C(Br)C(=O)[C@@]1(O[Si](C)(C)C)C[C@H]2CC[C@]1(C)C2(C)C. The molecule has 2 saturated carbocycles. The maximum Gasteiger partial charge on any atom is 0.185 e. The zero-order valence-corrected chi connectivity index (χ0v) is 18.3. The molecule has 0 spiro atoms. The van der Waals surface area contributed by atoms with E-state index in [1.165, 1.54) is 6.42 Å². The number of ketones is 1. The van der Waals surface area contributed by atoms with Crippen LogP contribution >= 0.6 is 15.9 Å². The summed E-state index contributed by atoms with van der Waals surface area (Å²) < 4.78 is 6.68. The molecule has 23 heavy (non-hydrogen) atoms. The Morgan fingerprint density at radius 3 is 2.26 bits per heavy atom. The Hall–Kier alpha value is 0.287. The number of aliphatic hydroxyl groups is 1. The van der Waals surface area contributed by atoms with Crippen molar-refractivity contribution >= 4 is 30.0 Å². The Bertz CT molecular complexity index is 487. The van der Waals surface area contributed by atoms with Crippen molar-refractivity contribution in [2.75, 3.05) is 0 Å². The second kappa shape index (κ2) is 5.92. The highest BCUT2D eigenvalue weighted by atomic mass is 79.9. The van der Waals surface area contributed by atoms with E-state index in [0.29, 0.717) is 12.3 Å². The van der Waals surface area contributed by atoms with Gasteiger partial charge in [-0.05, 0) is 56.7 Å². The summed E-state index contributed by atoms with van der Waals surface area (Å²) in [6.45, 7) is 15.2. The molecule has 0 aromatic heterocycles. The molecular formula is C18H33BrO3Si. The standard InChI is InChI=1S/C18H33BrO3Si/c1-8-13(20)14(19)15(21)18(22-23(5,6)7)11-12-9-10-17(18,4)16(12,2)3/h12-14,20H,8-11H2,1-7H3/t12-,13+,14?,17-,18+/m1/s1. The highest BCUT2D eigenvalue weighted by Gasteiger charge is 2.73. The Morgan fingerprint density at radius 1 is 1.35 bits per heavy atom. The summed E-state index contributed by atoms with van der Waals surface area (Å²) in [6, 6.07) is 0. The number of alkyl halides is 1. The van der Waals surface area contributed by atoms with Gasteiger partial charge in [-0.1, -0.05) is 43.6 Å². The largest absolute Gasteiger partial charge is 0.404 e. The number of hydrogen-bond donors (Lipinski definition) is 1. The van der Waals surface area contributed by atoms with Gasteiger partial charge in [0, 0.05) is 5.41 Å². The molecule has 2 bridgehead atoms. The van der Waals surface area contributed by atoms with Gasteiger partial charge in [-0.2, -0.15) is 0 Å². The number of hydrogen-bond acceptors (Lipinski definition) is 3. The first-order valence-electron chi connectivity index (χ1n) is 8.89. The van der Waals surface area contributed by atoms with Crippen LogP contribution in [-0.2, 0) is 9.22 Å². The van der Waals surface area contributed by atoms with Crippen molar-refractivity contribution < 1.29 is 14.3 Å². The second-order valence-corrected chi connectivity index (χ2v) is 14.7. The van der Waals surface area contributed by atoms with Gasteiger partial charge in [0.05, 0.1) is 6.10 Å². The van der Waals surface area contributed by atoms with Crippen molar-refractivity contribution in [2.24, 2.45) is 16.7 Å². The normalized spacial score (nSPS) is 38.6. The fraction of sp³-hybridized carbons (Fsp3) is 0.944. The van der Waals surface area contributed by atoms with Crippen molar-refractivity contribution in [2.45, 2.75) is 89.6 Å². The maximum atomic E-state index is 13.5. The Morgan fingerprint density at radius 2 is 1.91 bits per heavy atom. The van der Waals surface area contributed by atoms with Crippen LogP contribution in [0.25, 0.3) is 0 Å². The number of carbonyl (C=O) groups excluding carboxylic acids is 1. The lowest BCUT2D eigenvalue weighted by atomic mass is 9.62. The molecule has 0 radical (unpaired) electrons. The third-order valence-corrected chi connectivity index (χ3v) is 8.73. The first-order valence-corrected chi connectivity index (χ1v) is 13.2. The molecule has 2 aliphatic carbocycles. The maximum absolute atomic E-state index is 13.5. The molecule has 5 atom stereocenters. The summed E-state index contributed by atoms with van der Waals surface area (Å²) in [5, 5.41) is 10.2. The second-order valence-electron chi connectivity index (χ2n) is 9.28. The first kappa shape index (κ1) is 19.6. The molecule has 1 N–H and O–H groups in total. The van der Waals surface area contributed by atoms with Gasteiger partial charge >= 0.3 is 0 Å². The summed E-state index contributed by atoms with van der Waals surface area (Å²) in [5.74, 6) is 0.582. The van der Waals surface area contributed by atoms with Crippen LogP contribution in [0.15, 0.2) is 0 Å². The molecule has 2 rings (SSSR count). The highest BCUT2D eigenvalue weighted by Crippen LogP contribution is 2.71. The summed E-state index contributed by atoms with van der Waals surface area (Å²) in [6.07, 6.45) is 2.92. The molecule has 134 valence electrons. The molecule has 1 unspecified atom stereocenters. The van der Waals surface area contributed by atoms with Crippen LogP contribution in [0.3, 0.4) is 0 Å². The van der Waals surface area contributed by atoms with E-state index >= 15 is 0 Å². The van der Waals surface area contributed by atoms with E-state index in [2.05, 4.69) is 56.3 Å². The minimum absolute atomic E-state index is 0.0621. The van der Waals surface area contributed by atoms with Gasteiger partial charge in [0.2, 0.25) is 0 Å². The Kier molecular flexibility index (Phi) is 5.05. The molecular weight excluding hydrogens is 372 g/mol. The minimum Gasteiger partial charge on any atom is -0.404 e. The Balaban J connectivity index is 2.50. The Labute approximate surface area is 150 Å². The van der Waals surface area contributed by atoms with E-state index in [1.807, 2.05) is 6.92 Å². The van der Waals surface area contributed by atoms with E-state index in [-0.39, 0.29) is 16.6 Å². The fourth-order valence-electron chi connectivity index (χ4n) is 4.95. The van der Waals surface area contributed by atoms with Crippen molar-refractivity contribution in [1.29, 1.82) is 0 Å². The van der Waals surface area contributed by atoms with Crippen LogP contribution in [0, 0.1) is 16.7 Å². The van der Waals surface area contributed by atoms with Gasteiger partial charge in [0.15, 0.2) is 14.1 Å². The fourth-order valence-corrected chi connectivity index (χ4v) is 7.15. The third-order valence-electron chi connectivity index (χ3n) is 6.75. The van der Waals surface area contributed by atoms with Gasteiger partial charge in [-0.25, -0.2) is 0 Å². The van der Waals surface area contributed by atoms with E-state index in [9.17, 15) is 9.90 Å². The van der Waals surface area contributed by atoms with Crippen LogP contribution in [0.5, 0.6) is 0 Å². The number of Topliss-reactive ketones (excluding diaryl/α,β-unsaturated/α-hetero) is 1. The molecule has 2 aliphatic rings. The van der Waals surface area contributed by atoms with E-state index in [1.54, 1.807) is 0 Å². The predicted molar refractivity (Wildman–Crippen MR) is 100 cm³/mol. The van der Waals surface area contributed by atoms with Crippen molar-refractivity contribution in [3.8, 4) is 0 Å². The van der Waals surface area contributed by atoms with Crippen molar-refractivity contribution in [3.63, 3.8) is 0 Å². The lowest BCUT2D eigenvalue weighted by Gasteiger charge is -2.51. The number of rotatable bonds is 6. The topological polar surface area (TPSA) is 46.5 Å². The first-order chi connectivity index (χ1) is 10.3. The van der Waals surface area contributed by atoms with Crippen molar-refractivity contribution in [3.05, 3.63) is 0 Å². The lowest BCUT2D eigenvalue weighted by Crippen LogP contribution is -2.61. The van der Waals surface area contributed by atoms with Crippen LogP contribution in [0.2, 0.25) is 19.6 Å². The molecule has 0 aromatic carbocycles. The molecule has 5 heteroatoms. The highest BCUT2D eigenvalue weighted by molar-refractivity contribution is 9.10. The number of fused-ring (bicyclic) bond motifs is 2. The molecule has 0 saturated heterocycles. The number of halogens is 1.